The maximum absolute atomic E-state index is 3.53. The van der Waals surface area contributed by atoms with E-state index in [4.69, 9.17) is 0 Å². The lowest BCUT2D eigenvalue weighted by Gasteiger charge is -2.31. The molecular weight excluding hydrogens is 308 g/mol. The van der Waals surface area contributed by atoms with Gasteiger partial charge in [-0.2, -0.15) is 0 Å². The average molecular weight is 331 g/mol. The third-order valence-electron chi connectivity index (χ3n) is 3.88. The summed E-state index contributed by atoms with van der Waals surface area (Å²) in [6.07, 6.45) is 5.45. The van der Waals surface area contributed by atoms with Crippen LogP contribution in [0, 0.1) is 5.92 Å². The molecule has 0 saturated heterocycles. The summed E-state index contributed by atoms with van der Waals surface area (Å²) in [4.78, 5) is 3.93. The van der Waals surface area contributed by atoms with Gasteiger partial charge in [-0.3, -0.25) is 0 Å². The lowest BCUT2D eigenvalue weighted by atomic mass is 9.86. The number of nitrogens with one attached hydrogen (secondary N) is 1. The van der Waals surface area contributed by atoms with Gasteiger partial charge in [0.15, 0.2) is 0 Å². The predicted octanol–water partition coefficient (Wildman–Crippen LogP) is 3.72. The van der Waals surface area contributed by atoms with Crippen molar-refractivity contribution in [1.29, 1.82) is 0 Å². The summed E-state index contributed by atoms with van der Waals surface area (Å²) in [6, 6.07) is 5.13. The van der Waals surface area contributed by atoms with Crippen molar-refractivity contribution in [2.75, 3.05) is 20.6 Å². The van der Waals surface area contributed by atoms with Gasteiger partial charge in [0, 0.05) is 24.0 Å². The Morgan fingerprint density at radius 1 is 1.33 bits per heavy atom. The summed E-state index contributed by atoms with van der Waals surface area (Å²) in [6.45, 7) is 2.33. The van der Waals surface area contributed by atoms with Crippen LogP contribution < -0.4 is 5.32 Å². The molecule has 2 nitrogen and oxygen atoms in total. The molecule has 1 N–H and O–H groups in total. The van der Waals surface area contributed by atoms with Crippen LogP contribution in [0.4, 0.5) is 0 Å². The van der Waals surface area contributed by atoms with Crippen molar-refractivity contribution >= 4 is 27.3 Å². The maximum atomic E-state index is 3.53. The number of thiophene rings is 1. The zero-order valence-electron chi connectivity index (χ0n) is 11.3. The van der Waals surface area contributed by atoms with E-state index < -0.39 is 0 Å². The molecule has 0 bridgehead atoms. The quantitative estimate of drug-likeness (QED) is 0.885. The van der Waals surface area contributed by atoms with Crippen LogP contribution in [0.2, 0.25) is 0 Å². The molecule has 0 aromatic carbocycles. The van der Waals surface area contributed by atoms with Crippen molar-refractivity contribution in [3.8, 4) is 0 Å². The first-order valence-corrected chi connectivity index (χ1v) is 8.38. The van der Waals surface area contributed by atoms with E-state index in [1.165, 1.54) is 40.9 Å². The van der Waals surface area contributed by atoms with Crippen LogP contribution in [-0.2, 0) is 6.54 Å². The molecule has 18 heavy (non-hydrogen) atoms. The van der Waals surface area contributed by atoms with Gasteiger partial charge in [-0.1, -0.05) is 0 Å². The Kier molecular flexibility index (Phi) is 5.67. The van der Waals surface area contributed by atoms with Gasteiger partial charge < -0.3 is 10.2 Å². The molecule has 0 aliphatic heterocycles. The summed E-state index contributed by atoms with van der Waals surface area (Å²) in [7, 11) is 4.34. The SMILES string of the molecule is CNC1CCC(CN(C)Cc2ccc(Br)s2)CC1. The molecule has 0 radical (unpaired) electrons. The van der Waals surface area contributed by atoms with E-state index in [-0.39, 0.29) is 0 Å². The summed E-state index contributed by atoms with van der Waals surface area (Å²) in [5, 5.41) is 3.40. The van der Waals surface area contributed by atoms with Crippen molar-refractivity contribution in [1.82, 2.24) is 10.2 Å². The lowest BCUT2D eigenvalue weighted by Crippen LogP contribution is -2.34. The first kappa shape index (κ1) is 14.5. The van der Waals surface area contributed by atoms with Gasteiger partial charge in [0.05, 0.1) is 3.79 Å². The maximum Gasteiger partial charge on any atom is 0.0701 e. The van der Waals surface area contributed by atoms with Crippen LogP contribution in [-0.4, -0.2) is 31.6 Å². The highest BCUT2D eigenvalue weighted by Crippen LogP contribution is 2.26. The van der Waals surface area contributed by atoms with Gasteiger partial charge in [-0.05, 0) is 73.8 Å². The number of hydrogen-bond donors (Lipinski definition) is 1. The molecule has 0 spiro atoms. The zero-order valence-corrected chi connectivity index (χ0v) is 13.7. The van der Waals surface area contributed by atoms with Crippen molar-refractivity contribution in [2.24, 2.45) is 5.92 Å². The summed E-state index contributed by atoms with van der Waals surface area (Å²) >= 11 is 5.38. The van der Waals surface area contributed by atoms with E-state index >= 15 is 0 Å². The molecule has 102 valence electrons. The van der Waals surface area contributed by atoms with E-state index in [1.807, 2.05) is 11.3 Å². The Morgan fingerprint density at radius 2 is 2.06 bits per heavy atom. The van der Waals surface area contributed by atoms with E-state index in [2.05, 4.69) is 52.4 Å². The van der Waals surface area contributed by atoms with E-state index in [1.54, 1.807) is 0 Å². The van der Waals surface area contributed by atoms with Crippen LogP contribution >= 0.6 is 27.3 Å². The van der Waals surface area contributed by atoms with E-state index in [0.29, 0.717) is 0 Å². The number of rotatable bonds is 5. The fourth-order valence-electron chi connectivity index (χ4n) is 2.84. The number of halogens is 1. The van der Waals surface area contributed by atoms with Crippen LogP contribution in [0.25, 0.3) is 0 Å². The highest BCUT2D eigenvalue weighted by atomic mass is 79.9. The van der Waals surface area contributed by atoms with Crippen molar-refractivity contribution < 1.29 is 0 Å². The molecule has 0 unspecified atom stereocenters. The first-order chi connectivity index (χ1) is 8.67. The fraction of sp³-hybridized carbons (Fsp3) is 0.714. The van der Waals surface area contributed by atoms with Crippen LogP contribution in [0.5, 0.6) is 0 Å². The summed E-state index contributed by atoms with van der Waals surface area (Å²) in [5.41, 5.74) is 0. The Bertz CT molecular complexity index is 358. The minimum atomic E-state index is 0.764. The smallest absolute Gasteiger partial charge is 0.0701 e. The summed E-state index contributed by atoms with van der Waals surface area (Å²) < 4.78 is 1.24. The van der Waals surface area contributed by atoms with Gasteiger partial charge in [-0.15, -0.1) is 11.3 Å². The first-order valence-electron chi connectivity index (χ1n) is 6.77. The third-order valence-corrected chi connectivity index (χ3v) is 5.49. The minimum Gasteiger partial charge on any atom is -0.317 e. The second-order valence-corrected chi connectivity index (χ2v) is 7.96. The van der Waals surface area contributed by atoms with Crippen molar-refractivity contribution in [3.63, 3.8) is 0 Å². The highest BCUT2D eigenvalue weighted by Gasteiger charge is 2.21. The van der Waals surface area contributed by atoms with Crippen molar-refractivity contribution in [3.05, 3.63) is 20.8 Å². The minimum absolute atomic E-state index is 0.764. The molecule has 0 atom stereocenters. The molecule has 1 aromatic rings. The van der Waals surface area contributed by atoms with Gasteiger partial charge >= 0.3 is 0 Å². The second-order valence-electron chi connectivity index (χ2n) is 5.41. The molecule has 1 aromatic heterocycles. The largest absolute Gasteiger partial charge is 0.317 e. The van der Waals surface area contributed by atoms with Gasteiger partial charge in [0.25, 0.3) is 0 Å². The average Bonchev–Trinajstić information content (AvgIpc) is 2.75. The molecule has 1 fully saturated rings. The molecule has 4 heteroatoms. The predicted molar refractivity (Wildman–Crippen MR) is 83.2 cm³/mol. The number of nitrogens with zero attached hydrogens (tertiary/aromatic N) is 1. The van der Waals surface area contributed by atoms with E-state index in [9.17, 15) is 0 Å². The van der Waals surface area contributed by atoms with Crippen LogP contribution in [0.15, 0.2) is 15.9 Å². The molecule has 2 rings (SSSR count). The molecular formula is C14H23BrN2S. The molecule has 1 heterocycles. The highest BCUT2D eigenvalue weighted by molar-refractivity contribution is 9.11. The number of hydrogen-bond acceptors (Lipinski definition) is 3. The Labute approximate surface area is 123 Å². The topological polar surface area (TPSA) is 15.3 Å². The van der Waals surface area contributed by atoms with Gasteiger partial charge in [0.1, 0.15) is 0 Å². The second kappa shape index (κ2) is 7.04. The molecule has 1 aliphatic carbocycles. The normalized spacial score (nSPS) is 24.7. The zero-order chi connectivity index (χ0) is 13.0. The van der Waals surface area contributed by atoms with Gasteiger partial charge in [0.2, 0.25) is 0 Å². The fourth-order valence-corrected chi connectivity index (χ4v) is 4.41. The molecule has 1 saturated carbocycles. The lowest BCUT2D eigenvalue weighted by molar-refractivity contribution is 0.212. The molecule has 1 aliphatic rings. The van der Waals surface area contributed by atoms with Gasteiger partial charge in [-0.25, -0.2) is 0 Å². The van der Waals surface area contributed by atoms with Crippen LogP contribution in [0.1, 0.15) is 30.6 Å². The standard InChI is InChI=1S/C14H23BrN2S/c1-16-12-5-3-11(4-6-12)9-17(2)10-13-7-8-14(15)18-13/h7-8,11-12,16H,3-6,9-10H2,1-2H3. The van der Waals surface area contributed by atoms with Crippen molar-refractivity contribution in [2.45, 2.75) is 38.3 Å². The molecule has 0 amide bonds. The van der Waals surface area contributed by atoms with E-state index in [0.717, 1.165) is 18.5 Å². The summed E-state index contributed by atoms with van der Waals surface area (Å²) in [5.74, 6) is 0.892. The van der Waals surface area contributed by atoms with Crippen LogP contribution in [0.3, 0.4) is 0 Å². The third kappa shape index (κ3) is 4.34. The Balaban J connectivity index is 1.73. The Morgan fingerprint density at radius 3 is 2.61 bits per heavy atom. The monoisotopic (exact) mass is 330 g/mol. The Hall–Kier alpha value is 0.1000.